The van der Waals surface area contributed by atoms with Crippen LogP contribution in [0.3, 0.4) is 0 Å². The van der Waals surface area contributed by atoms with Crippen LogP contribution in [0, 0.1) is 0 Å². The Kier molecular flexibility index (Phi) is 11.6. The Morgan fingerprint density at radius 1 is 0.571 bits per heavy atom. The zero-order valence-electron chi connectivity index (χ0n) is 18.2. The molecule has 28 heavy (non-hydrogen) atoms. The molecule has 2 aromatic carbocycles. The molecule has 0 spiro atoms. The van der Waals surface area contributed by atoms with Crippen LogP contribution in [0.5, 0.6) is 11.5 Å². The van der Waals surface area contributed by atoms with Crippen LogP contribution in [-0.4, -0.2) is 13.2 Å². The maximum atomic E-state index is 6.24. The zero-order valence-corrected chi connectivity index (χ0v) is 18.2. The van der Waals surface area contributed by atoms with Gasteiger partial charge in [-0.1, -0.05) is 108 Å². The lowest BCUT2D eigenvalue weighted by molar-refractivity contribution is 0.261. The molecule has 0 aromatic heterocycles. The van der Waals surface area contributed by atoms with Gasteiger partial charge in [0.2, 0.25) is 0 Å². The summed E-state index contributed by atoms with van der Waals surface area (Å²) in [6.45, 7) is 6.07. The first-order valence-electron chi connectivity index (χ1n) is 11.6. The lowest BCUT2D eigenvalue weighted by atomic mass is 10.1. The topological polar surface area (TPSA) is 18.5 Å². The molecule has 0 heterocycles. The van der Waals surface area contributed by atoms with Gasteiger partial charge in [-0.05, 0) is 24.3 Å². The molecule has 0 aliphatic carbocycles. The van der Waals surface area contributed by atoms with Gasteiger partial charge in [0.15, 0.2) is 11.5 Å². The first-order valence-corrected chi connectivity index (χ1v) is 11.6. The van der Waals surface area contributed by atoms with E-state index in [1.54, 1.807) is 0 Å². The number of hydrogen-bond donors (Lipinski definition) is 0. The van der Waals surface area contributed by atoms with Gasteiger partial charge in [0, 0.05) is 5.39 Å². The van der Waals surface area contributed by atoms with E-state index >= 15 is 0 Å². The number of ether oxygens (including phenoxy) is 2. The summed E-state index contributed by atoms with van der Waals surface area (Å²) in [6.07, 6.45) is 15.3. The van der Waals surface area contributed by atoms with Crippen LogP contribution in [0.25, 0.3) is 10.8 Å². The smallest absolute Gasteiger partial charge is 0.168 e. The van der Waals surface area contributed by atoms with Crippen molar-refractivity contribution in [1.29, 1.82) is 0 Å². The Bertz CT molecular complexity index is 650. The van der Waals surface area contributed by atoms with Crippen LogP contribution in [0.2, 0.25) is 0 Å². The molecule has 0 aliphatic rings. The number of unbranched alkanes of at least 4 members (excludes halogenated alkanes) is 10. The molecule has 0 unspecified atom stereocenters. The predicted molar refractivity (Wildman–Crippen MR) is 122 cm³/mol. The van der Waals surface area contributed by atoms with Crippen molar-refractivity contribution in [1.82, 2.24) is 0 Å². The quantitative estimate of drug-likeness (QED) is 0.271. The minimum Gasteiger partial charge on any atom is -0.490 e. The van der Waals surface area contributed by atoms with E-state index in [1.165, 1.54) is 69.6 Å². The van der Waals surface area contributed by atoms with Gasteiger partial charge in [-0.25, -0.2) is 0 Å². The average Bonchev–Trinajstić information content (AvgIpc) is 2.73. The third-order valence-electron chi connectivity index (χ3n) is 5.34. The monoisotopic (exact) mass is 384 g/mol. The SMILES string of the molecule is CCCCCCCCOc1ccc2ccccc2c1OCCCCCCCC. The molecule has 2 rings (SSSR count). The van der Waals surface area contributed by atoms with Crippen molar-refractivity contribution >= 4 is 10.8 Å². The van der Waals surface area contributed by atoms with Gasteiger partial charge < -0.3 is 9.47 Å². The van der Waals surface area contributed by atoms with Crippen LogP contribution >= 0.6 is 0 Å². The summed E-state index contributed by atoms with van der Waals surface area (Å²) < 4.78 is 12.4. The minimum atomic E-state index is 0.771. The molecule has 0 saturated heterocycles. The fraction of sp³-hybridized carbons (Fsp3) is 0.615. The van der Waals surface area contributed by atoms with E-state index in [2.05, 4.69) is 50.2 Å². The first-order chi connectivity index (χ1) is 13.9. The van der Waals surface area contributed by atoms with Gasteiger partial charge in [-0.3, -0.25) is 0 Å². The highest BCUT2D eigenvalue weighted by molar-refractivity contribution is 5.90. The molecule has 0 amide bonds. The standard InChI is InChI=1S/C26H40O2/c1-3-5-7-9-11-15-21-27-25-20-19-23-17-13-14-18-24(23)26(25)28-22-16-12-10-8-6-4-2/h13-14,17-20H,3-12,15-16,21-22H2,1-2H3. The van der Waals surface area contributed by atoms with Gasteiger partial charge in [-0.15, -0.1) is 0 Å². The second kappa shape index (κ2) is 14.3. The lowest BCUT2D eigenvalue weighted by Gasteiger charge is -2.15. The molecule has 2 heteroatoms. The van der Waals surface area contributed by atoms with E-state index in [-0.39, 0.29) is 0 Å². The van der Waals surface area contributed by atoms with Crippen LogP contribution in [0.15, 0.2) is 36.4 Å². The van der Waals surface area contributed by atoms with Gasteiger partial charge >= 0.3 is 0 Å². The first kappa shape index (κ1) is 22.6. The highest BCUT2D eigenvalue weighted by Crippen LogP contribution is 2.36. The Morgan fingerprint density at radius 3 is 1.82 bits per heavy atom. The van der Waals surface area contributed by atoms with Gasteiger partial charge in [0.25, 0.3) is 0 Å². The lowest BCUT2D eigenvalue weighted by Crippen LogP contribution is -2.03. The minimum absolute atomic E-state index is 0.771. The molecule has 0 bridgehead atoms. The van der Waals surface area contributed by atoms with Crippen molar-refractivity contribution < 1.29 is 9.47 Å². The van der Waals surface area contributed by atoms with Crippen LogP contribution in [-0.2, 0) is 0 Å². The summed E-state index contributed by atoms with van der Waals surface area (Å²) in [4.78, 5) is 0. The van der Waals surface area contributed by atoms with Crippen molar-refractivity contribution in [2.75, 3.05) is 13.2 Å². The summed E-state index contributed by atoms with van der Waals surface area (Å²) in [5.41, 5.74) is 0. The van der Waals surface area contributed by atoms with Crippen molar-refractivity contribution in [3.05, 3.63) is 36.4 Å². The highest BCUT2D eigenvalue weighted by Gasteiger charge is 2.10. The van der Waals surface area contributed by atoms with Crippen molar-refractivity contribution in [3.63, 3.8) is 0 Å². The molecule has 2 nitrogen and oxygen atoms in total. The molecule has 0 radical (unpaired) electrons. The number of hydrogen-bond acceptors (Lipinski definition) is 2. The van der Waals surface area contributed by atoms with Crippen LogP contribution in [0.4, 0.5) is 0 Å². The van der Waals surface area contributed by atoms with E-state index in [0.717, 1.165) is 42.9 Å². The molecule has 156 valence electrons. The van der Waals surface area contributed by atoms with Crippen LogP contribution in [0.1, 0.15) is 90.9 Å². The van der Waals surface area contributed by atoms with E-state index in [4.69, 9.17) is 9.47 Å². The Hall–Kier alpha value is -1.70. The van der Waals surface area contributed by atoms with Crippen molar-refractivity contribution in [3.8, 4) is 11.5 Å². The summed E-state index contributed by atoms with van der Waals surface area (Å²) in [6, 6.07) is 12.7. The summed E-state index contributed by atoms with van der Waals surface area (Å²) >= 11 is 0. The second-order valence-corrected chi connectivity index (χ2v) is 7.85. The number of benzene rings is 2. The number of rotatable bonds is 16. The largest absolute Gasteiger partial charge is 0.490 e. The molecule has 2 aromatic rings. The summed E-state index contributed by atoms with van der Waals surface area (Å²) in [5, 5.41) is 2.38. The third kappa shape index (κ3) is 8.12. The van der Waals surface area contributed by atoms with E-state index < -0.39 is 0 Å². The Labute approximate surface area is 172 Å². The average molecular weight is 385 g/mol. The van der Waals surface area contributed by atoms with Gasteiger partial charge in [0.1, 0.15) is 0 Å². The fourth-order valence-electron chi connectivity index (χ4n) is 3.61. The molecular weight excluding hydrogens is 344 g/mol. The van der Waals surface area contributed by atoms with Crippen LogP contribution < -0.4 is 9.47 Å². The maximum absolute atomic E-state index is 6.24. The summed E-state index contributed by atoms with van der Waals surface area (Å²) in [5.74, 6) is 1.83. The molecule has 0 fully saturated rings. The molecule has 0 saturated carbocycles. The summed E-state index contributed by atoms with van der Waals surface area (Å²) in [7, 11) is 0. The fourth-order valence-corrected chi connectivity index (χ4v) is 3.61. The Morgan fingerprint density at radius 2 is 1.14 bits per heavy atom. The van der Waals surface area contributed by atoms with E-state index in [9.17, 15) is 0 Å². The molecule has 0 atom stereocenters. The molecule has 0 aliphatic heterocycles. The van der Waals surface area contributed by atoms with Crippen molar-refractivity contribution in [2.45, 2.75) is 90.9 Å². The highest BCUT2D eigenvalue weighted by atomic mass is 16.5. The van der Waals surface area contributed by atoms with E-state index in [1.807, 2.05) is 0 Å². The third-order valence-corrected chi connectivity index (χ3v) is 5.34. The normalized spacial score (nSPS) is 11.1. The van der Waals surface area contributed by atoms with Crippen molar-refractivity contribution in [2.24, 2.45) is 0 Å². The predicted octanol–water partition coefficient (Wildman–Crippen LogP) is 8.32. The maximum Gasteiger partial charge on any atom is 0.168 e. The van der Waals surface area contributed by atoms with Gasteiger partial charge in [0.05, 0.1) is 13.2 Å². The Balaban J connectivity index is 1.86. The molecule has 0 N–H and O–H groups in total. The number of fused-ring (bicyclic) bond motifs is 1. The van der Waals surface area contributed by atoms with E-state index in [0.29, 0.717) is 0 Å². The van der Waals surface area contributed by atoms with Gasteiger partial charge in [-0.2, -0.15) is 0 Å². The zero-order chi connectivity index (χ0) is 19.9. The molecular formula is C26H40O2. The second-order valence-electron chi connectivity index (χ2n) is 7.85.